The van der Waals surface area contributed by atoms with E-state index in [4.69, 9.17) is 12.2 Å². The molecular weight excluding hydrogens is 378 g/mol. The molecular formula is C19H23N5OS2. The minimum Gasteiger partial charge on any atom is -0.370 e. The SMILES string of the molecule is CC(CNC(=O)CCn1c(-c2cccs2)n[nH]c1=S)N(C)c1ccccc1. The van der Waals surface area contributed by atoms with Gasteiger partial charge in [0, 0.05) is 38.3 Å². The summed E-state index contributed by atoms with van der Waals surface area (Å²) in [6.45, 7) is 3.17. The van der Waals surface area contributed by atoms with E-state index in [0.29, 0.717) is 24.3 Å². The molecule has 0 spiro atoms. The van der Waals surface area contributed by atoms with Gasteiger partial charge in [-0.25, -0.2) is 0 Å². The zero-order valence-corrected chi connectivity index (χ0v) is 17.0. The van der Waals surface area contributed by atoms with Gasteiger partial charge in [-0.15, -0.1) is 11.3 Å². The van der Waals surface area contributed by atoms with Crippen molar-refractivity contribution in [2.45, 2.75) is 25.9 Å². The first-order valence-corrected chi connectivity index (χ1v) is 10.1. The van der Waals surface area contributed by atoms with E-state index in [0.717, 1.165) is 16.4 Å². The third-order valence-electron chi connectivity index (χ3n) is 4.48. The van der Waals surface area contributed by atoms with E-state index >= 15 is 0 Å². The van der Waals surface area contributed by atoms with Gasteiger partial charge < -0.3 is 10.2 Å². The van der Waals surface area contributed by atoms with E-state index in [-0.39, 0.29) is 11.9 Å². The largest absolute Gasteiger partial charge is 0.370 e. The van der Waals surface area contributed by atoms with Crippen LogP contribution < -0.4 is 10.2 Å². The third-order valence-corrected chi connectivity index (χ3v) is 5.66. The fourth-order valence-electron chi connectivity index (χ4n) is 2.74. The van der Waals surface area contributed by atoms with Crippen molar-refractivity contribution in [1.29, 1.82) is 0 Å². The zero-order chi connectivity index (χ0) is 19.2. The molecule has 1 atom stereocenters. The van der Waals surface area contributed by atoms with Crippen molar-refractivity contribution in [3.63, 3.8) is 0 Å². The Balaban J connectivity index is 1.52. The second-order valence-corrected chi connectivity index (χ2v) is 7.67. The molecule has 0 fully saturated rings. The van der Waals surface area contributed by atoms with Crippen molar-refractivity contribution < 1.29 is 4.79 Å². The number of thiophene rings is 1. The standard InChI is InChI=1S/C19H23N5OS2/c1-14(23(2)15-7-4-3-5-8-15)13-20-17(25)10-11-24-18(21-22-19(24)26)16-9-6-12-27-16/h3-9,12,14H,10-11,13H2,1-2H3,(H,20,25)(H,22,26). The number of amides is 1. The number of aromatic nitrogens is 3. The van der Waals surface area contributed by atoms with Crippen LogP contribution in [0.3, 0.4) is 0 Å². The molecule has 1 amide bonds. The predicted octanol–water partition coefficient (Wildman–Crippen LogP) is 3.70. The highest BCUT2D eigenvalue weighted by molar-refractivity contribution is 7.71. The fourth-order valence-corrected chi connectivity index (χ4v) is 3.68. The summed E-state index contributed by atoms with van der Waals surface area (Å²) in [5.74, 6) is 0.781. The number of likely N-dealkylation sites (N-methyl/N-ethyl adjacent to an activating group) is 1. The molecule has 0 bridgehead atoms. The second-order valence-electron chi connectivity index (χ2n) is 6.33. The Hall–Kier alpha value is -2.45. The van der Waals surface area contributed by atoms with Gasteiger partial charge in [-0.3, -0.25) is 14.5 Å². The van der Waals surface area contributed by atoms with Crippen LogP contribution in [-0.2, 0) is 11.3 Å². The Kier molecular flexibility index (Phi) is 6.41. The van der Waals surface area contributed by atoms with Gasteiger partial charge >= 0.3 is 0 Å². The van der Waals surface area contributed by atoms with Crippen LogP contribution in [0.15, 0.2) is 47.8 Å². The summed E-state index contributed by atoms with van der Waals surface area (Å²) in [7, 11) is 2.03. The maximum atomic E-state index is 12.3. The van der Waals surface area contributed by atoms with Crippen LogP contribution in [0.2, 0.25) is 0 Å². The first-order chi connectivity index (χ1) is 13.1. The highest BCUT2D eigenvalue weighted by Gasteiger charge is 2.13. The fraction of sp³-hybridized carbons (Fsp3) is 0.316. The number of rotatable bonds is 8. The molecule has 142 valence electrons. The molecule has 2 aromatic heterocycles. The topological polar surface area (TPSA) is 66.0 Å². The number of nitrogens with one attached hydrogen (secondary N) is 2. The van der Waals surface area contributed by atoms with Crippen molar-refractivity contribution in [3.05, 3.63) is 52.6 Å². The van der Waals surface area contributed by atoms with E-state index in [1.807, 2.05) is 47.3 Å². The van der Waals surface area contributed by atoms with Crippen LogP contribution >= 0.6 is 23.6 Å². The van der Waals surface area contributed by atoms with E-state index in [1.165, 1.54) is 0 Å². The molecule has 2 heterocycles. The van der Waals surface area contributed by atoms with Gasteiger partial charge in [-0.2, -0.15) is 5.10 Å². The minimum absolute atomic E-state index is 0.00328. The van der Waals surface area contributed by atoms with Crippen LogP contribution in [-0.4, -0.2) is 40.3 Å². The quantitative estimate of drug-likeness (QED) is 0.565. The van der Waals surface area contributed by atoms with Crippen LogP contribution in [0.1, 0.15) is 13.3 Å². The lowest BCUT2D eigenvalue weighted by Gasteiger charge is -2.27. The number of aromatic amines is 1. The molecule has 0 saturated carbocycles. The van der Waals surface area contributed by atoms with E-state index in [2.05, 4.69) is 39.5 Å². The normalized spacial score (nSPS) is 11.9. The van der Waals surface area contributed by atoms with Crippen molar-refractivity contribution in [3.8, 4) is 10.7 Å². The number of H-pyrrole nitrogens is 1. The average Bonchev–Trinajstić information content (AvgIpc) is 3.34. The summed E-state index contributed by atoms with van der Waals surface area (Å²) >= 11 is 6.90. The Morgan fingerprint density at radius 1 is 1.33 bits per heavy atom. The number of benzene rings is 1. The Morgan fingerprint density at radius 3 is 2.81 bits per heavy atom. The zero-order valence-electron chi connectivity index (χ0n) is 15.4. The third kappa shape index (κ3) is 4.84. The molecule has 6 nitrogen and oxygen atoms in total. The minimum atomic E-state index is 0.00328. The van der Waals surface area contributed by atoms with E-state index in [9.17, 15) is 4.79 Å². The summed E-state index contributed by atoms with van der Waals surface area (Å²) in [5.41, 5.74) is 1.13. The van der Waals surface area contributed by atoms with Crippen LogP contribution in [0.25, 0.3) is 10.7 Å². The smallest absolute Gasteiger partial charge is 0.221 e. The molecule has 3 rings (SSSR count). The summed E-state index contributed by atoms with van der Waals surface area (Å²) < 4.78 is 2.41. The van der Waals surface area contributed by atoms with Gasteiger partial charge in [-0.05, 0) is 42.7 Å². The summed E-state index contributed by atoms with van der Waals surface area (Å²) in [6.07, 6.45) is 0.355. The number of carbonyl (C=O) groups excluding carboxylic acids is 1. The number of anilines is 1. The van der Waals surface area contributed by atoms with Gasteiger partial charge in [0.2, 0.25) is 5.91 Å². The van der Waals surface area contributed by atoms with Crippen LogP contribution in [0.5, 0.6) is 0 Å². The highest BCUT2D eigenvalue weighted by atomic mass is 32.1. The lowest BCUT2D eigenvalue weighted by Crippen LogP contribution is -2.40. The van der Waals surface area contributed by atoms with Crippen LogP contribution in [0, 0.1) is 4.77 Å². The average molecular weight is 402 g/mol. The molecule has 1 aromatic carbocycles. The number of hydrogen-bond acceptors (Lipinski definition) is 5. The monoisotopic (exact) mass is 401 g/mol. The number of para-hydroxylation sites is 1. The van der Waals surface area contributed by atoms with Gasteiger partial charge in [0.15, 0.2) is 10.6 Å². The molecule has 27 heavy (non-hydrogen) atoms. The van der Waals surface area contributed by atoms with Gasteiger partial charge in [0.1, 0.15) is 0 Å². The number of nitrogens with zero attached hydrogens (tertiary/aromatic N) is 3. The predicted molar refractivity (Wildman–Crippen MR) is 113 cm³/mol. The molecule has 1 unspecified atom stereocenters. The first-order valence-electron chi connectivity index (χ1n) is 8.80. The lowest BCUT2D eigenvalue weighted by atomic mass is 10.2. The van der Waals surface area contributed by atoms with Crippen molar-refractivity contribution >= 4 is 35.1 Å². The highest BCUT2D eigenvalue weighted by Crippen LogP contribution is 2.22. The number of carbonyl (C=O) groups is 1. The molecule has 3 aromatic rings. The van der Waals surface area contributed by atoms with Gasteiger partial charge in [-0.1, -0.05) is 24.3 Å². The Bertz CT molecular complexity index is 917. The van der Waals surface area contributed by atoms with Gasteiger partial charge in [0.05, 0.1) is 4.88 Å². The molecule has 0 aliphatic heterocycles. The van der Waals surface area contributed by atoms with Crippen LogP contribution in [0.4, 0.5) is 5.69 Å². The van der Waals surface area contributed by atoms with E-state index < -0.39 is 0 Å². The maximum Gasteiger partial charge on any atom is 0.221 e. The van der Waals surface area contributed by atoms with Crippen molar-refractivity contribution in [2.75, 3.05) is 18.5 Å². The molecule has 0 aliphatic rings. The molecule has 0 radical (unpaired) electrons. The maximum absolute atomic E-state index is 12.3. The van der Waals surface area contributed by atoms with E-state index in [1.54, 1.807) is 11.3 Å². The summed E-state index contributed by atoms with van der Waals surface area (Å²) in [5, 5.41) is 12.1. The molecule has 0 saturated heterocycles. The summed E-state index contributed by atoms with van der Waals surface area (Å²) in [4.78, 5) is 15.5. The molecule has 8 heteroatoms. The van der Waals surface area contributed by atoms with Gasteiger partial charge in [0.25, 0.3) is 0 Å². The van der Waals surface area contributed by atoms with Crippen molar-refractivity contribution in [1.82, 2.24) is 20.1 Å². The number of hydrogen-bond donors (Lipinski definition) is 2. The molecule has 2 N–H and O–H groups in total. The second kappa shape index (κ2) is 8.96. The summed E-state index contributed by atoms with van der Waals surface area (Å²) in [6, 6.07) is 14.3. The van der Waals surface area contributed by atoms with Crippen molar-refractivity contribution in [2.24, 2.45) is 0 Å². The molecule has 0 aliphatic carbocycles. The Morgan fingerprint density at radius 2 is 2.11 bits per heavy atom. The Labute approximate surface area is 167 Å². The lowest BCUT2D eigenvalue weighted by molar-refractivity contribution is -0.121. The first kappa shape index (κ1) is 19.3.